The zero-order valence-corrected chi connectivity index (χ0v) is 5.77. The van der Waals surface area contributed by atoms with Crippen LogP contribution in [-0.4, -0.2) is 5.78 Å². The Morgan fingerprint density at radius 2 is 2.33 bits per heavy atom. The molecule has 0 aromatic carbocycles. The monoisotopic (exact) mass is 122 g/mol. The first-order valence-electron chi connectivity index (χ1n) is 3.08. The van der Waals surface area contributed by atoms with Crippen LogP contribution in [0, 0.1) is 0 Å². The van der Waals surface area contributed by atoms with Crippen molar-refractivity contribution < 1.29 is 4.79 Å². The third-order valence-corrected chi connectivity index (χ3v) is 1.50. The summed E-state index contributed by atoms with van der Waals surface area (Å²) in [7, 11) is 0. The second-order valence-electron chi connectivity index (χ2n) is 2.38. The molecule has 0 bridgehead atoms. The van der Waals surface area contributed by atoms with Crippen LogP contribution in [0.15, 0.2) is 23.3 Å². The van der Waals surface area contributed by atoms with Crippen molar-refractivity contribution in [3.05, 3.63) is 23.3 Å². The Morgan fingerprint density at radius 1 is 1.67 bits per heavy atom. The lowest BCUT2D eigenvalue weighted by atomic mass is 10.2. The molecule has 1 heteroatoms. The van der Waals surface area contributed by atoms with Crippen LogP contribution in [0.2, 0.25) is 0 Å². The van der Waals surface area contributed by atoms with Gasteiger partial charge in [-0.3, -0.25) is 4.79 Å². The summed E-state index contributed by atoms with van der Waals surface area (Å²) in [5, 5.41) is 0. The summed E-state index contributed by atoms with van der Waals surface area (Å²) in [6, 6.07) is 0. The number of hydrogen-bond acceptors (Lipinski definition) is 1. The number of Topliss-reactive ketones (excluding diaryl/α,β-unsaturated/α-hetero) is 1. The highest BCUT2D eigenvalue weighted by Gasteiger charge is 2.06. The van der Waals surface area contributed by atoms with Crippen LogP contribution in [0.3, 0.4) is 0 Å². The largest absolute Gasteiger partial charge is 0.295 e. The molecule has 0 saturated carbocycles. The van der Waals surface area contributed by atoms with Crippen molar-refractivity contribution >= 4 is 5.78 Å². The molecule has 0 aliphatic heterocycles. The molecule has 1 aliphatic carbocycles. The van der Waals surface area contributed by atoms with Gasteiger partial charge in [-0.1, -0.05) is 17.7 Å². The molecule has 0 fully saturated rings. The van der Waals surface area contributed by atoms with E-state index in [9.17, 15) is 4.79 Å². The first kappa shape index (κ1) is 6.27. The molecule has 0 aromatic heterocycles. The number of rotatable bonds is 1. The molecule has 0 saturated heterocycles. The van der Waals surface area contributed by atoms with Gasteiger partial charge in [0.2, 0.25) is 0 Å². The summed E-state index contributed by atoms with van der Waals surface area (Å²) in [5.41, 5.74) is 2.15. The minimum absolute atomic E-state index is 0.197. The van der Waals surface area contributed by atoms with Gasteiger partial charge >= 0.3 is 0 Å². The van der Waals surface area contributed by atoms with Crippen LogP contribution in [0.5, 0.6) is 0 Å². The highest BCUT2D eigenvalue weighted by atomic mass is 16.1. The zero-order valence-electron chi connectivity index (χ0n) is 5.77. The molecule has 0 unspecified atom stereocenters. The van der Waals surface area contributed by atoms with Gasteiger partial charge in [-0.25, -0.2) is 0 Å². The number of carbonyl (C=O) groups is 1. The molecule has 9 heavy (non-hydrogen) atoms. The standard InChI is InChI=1S/C8H10O/c1-6-3-4-8(5-6)7(2)9/h3,5H,4H2,1-2H3. The SMILES string of the molecule is CC(=O)C1=CC(C)=CC1. The molecule has 0 aromatic rings. The van der Waals surface area contributed by atoms with E-state index in [4.69, 9.17) is 0 Å². The number of allylic oxidation sites excluding steroid dienone is 4. The van der Waals surface area contributed by atoms with Crippen molar-refractivity contribution in [1.82, 2.24) is 0 Å². The molecule has 1 aliphatic rings. The molecule has 0 heterocycles. The van der Waals surface area contributed by atoms with Crippen molar-refractivity contribution in [2.45, 2.75) is 20.3 Å². The number of ketones is 1. The number of carbonyl (C=O) groups excluding carboxylic acids is 1. The Bertz CT molecular complexity index is 197. The molecule has 48 valence electrons. The quantitative estimate of drug-likeness (QED) is 0.518. The first-order valence-corrected chi connectivity index (χ1v) is 3.08. The van der Waals surface area contributed by atoms with Crippen molar-refractivity contribution in [3.63, 3.8) is 0 Å². The molecular formula is C8H10O. The smallest absolute Gasteiger partial charge is 0.156 e. The van der Waals surface area contributed by atoms with E-state index in [1.807, 2.05) is 13.0 Å². The van der Waals surface area contributed by atoms with E-state index in [2.05, 4.69) is 6.08 Å². The predicted molar refractivity (Wildman–Crippen MR) is 37.1 cm³/mol. The van der Waals surface area contributed by atoms with Gasteiger partial charge in [0.25, 0.3) is 0 Å². The van der Waals surface area contributed by atoms with Gasteiger partial charge in [0, 0.05) is 0 Å². The Kier molecular flexibility index (Phi) is 1.52. The third-order valence-electron chi connectivity index (χ3n) is 1.50. The molecule has 0 atom stereocenters. The molecule has 0 spiro atoms. The second kappa shape index (κ2) is 2.18. The molecular weight excluding hydrogens is 112 g/mol. The van der Waals surface area contributed by atoms with E-state index in [-0.39, 0.29) is 5.78 Å². The second-order valence-corrected chi connectivity index (χ2v) is 2.38. The van der Waals surface area contributed by atoms with Crippen LogP contribution in [-0.2, 0) is 4.79 Å². The summed E-state index contributed by atoms with van der Waals surface area (Å²) in [6.07, 6.45) is 4.85. The zero-order chi connectivity index (χ0) is 6.85. The molecule has 1 rings (SSSR count). The maximum absolute atomic E-state index is 10.7. The maximum Gasteiger partial charge on any atom is 0.156 e. The minimum atomic E-state index is 0.197. The third kappa shape index (κ3) is 1.28. The Labute approximate surface area is 55.1 Å². The van der Waals surface area contributed by atoms with E-state index < -0.39 is 0 Å². The lowest BCUT2D eigenvalue weighted by Gasteiger charge is -1.89. The fourth-order valence-electron chi connectivity index (χ4n) is 0.909. The Morgan fingerprint density at radius 3 is 2.56 bits per heavy atom. The van der Waals surface area contributed by atoms with Crippen LogP contribution < -0.4 is 0 Å². The summed E-state index contributed by atoms with van der Waals surface area (Å²) in [5.74, 6) is 0.197. The average Bonchev–Trinajstić information content (AvgIpc) is 2.14. The predicted octanol–water partition coefficient (Wildman–Crippen LogP) is 1.85. The van der Waals surface area contributed by atoms with Gasteiger partial charge in [0.1, 0.15) is 0 Å². The summed E-state index contributed by atoms with van der Waals surface area (Å²) >= 11 is 0. The van der Waals surface area contributed by atoms with Crippen molar-refractivity contribution in [2.75, 3.05) is 0 Å². The highest BCUT2D eigenvalue weighted by Crippen LogP contribution is 2.16. The van der Waals surface area contributed by atoms with Crippen LogP contribution in [0.1, 0.15) is 20.3 Å². The number of hydrogen-bond donors (Lipinski definition) is 0. The Hall–Kier alpha value is -0.850. The summed E-state index contributed by atoms with van der Waals surface area (Å²) < 4.78 is 0. The fourth-order valence-corrected chi connectivity index (χ4v) is 0.909. The normalized spacial score (nSPS) is 17.1. The van der Waals surface area contributed by atoms with Crippen molar-refractivity contribution in [3.8, 4) is 0 Å². The van der Waals surface area contributed by atoms with Gasteiger partial charge in [0.05, 0.1) is 0 Å². The lowest BCUT2D eigenvalue weighted by molar-refractivity contribution is -0.113. The fraction of sp³-hybridized carbons (Fsp3) is 0.375. The highest BCUT2D eigenvalue weighted by molar-refractivity contribution is 5.94. The maximum atomic E-state index is 10.7. The van der Waals surface area contributed by atoms with Crippen LogP contribution >= 0.6 is 0 Å². The van der Waals surface area contributed by atoms with Gasteiger partial charge in [0.15, 0.2) is 5.78 Å². The van der Waals surface area contributed by atoms with Crippen molar-refractivity contribution in [2.24, 2.45) is 0 Å². The van der Waals surface area contributed by atoms with E-state index in [1.165, 1.54) is 5.57 Å². The topological polar surface area (TPSA) is 17.1 Å². The molecule has 0 N–H and O–H groups in total. The molecule has 0 amide bonds. The van der Waals surface area contributed by atoms with E-state index in [1.54, 1.807) is 6.92 Å². The van der Waals surface area contributed by atoms with E-state index in [0.29, 0.717) is 0 Å². The first-order chi connectivity index (χ1) is 4.20. The molecule has 1 nitrogen and oxygen atoms in total. The van der Waals surface area contributed by atoms with E-state index in [0.717, 1.165) is 12.0 Å². The van der Waals surface area contributed by atoms with Crippen molar-refractivity contribution in [1.29, 1.82) is 0 Å². The average molecular weight is 122 g/mol. The minimum Gasteiger partial charge on any atom is -0.295 e. The molecule has 0 radical (unpaired) electrons. The van der Waals surface area contributed by atoms with Gasteiger partial charge in [-0.15, -0.1) is 0 Å². The lowest BCUT2D eigenvalue weighted by Crippen LogP contribution is -1.91. The van der Waals surface area contributed by atoms with E-state index >= 15 is 0 Å². The Balaban J connectivity index is 2.71. The summed E-state index contributed by atoms with van der Waals surface area (Å²) in [6.45, 7) is 3.62. The van der Waals surface area contributed by atoms with Gasteiger partial charge in [-0.05, 0) is 25.8 Å². The summed E-state index contributed by atoms with van der Waals surface area (Å²) in [4.78, 5) is 10.7. The van der Waals surface area contributed by atoms with Crippen LogP contribution in [0.25, 0.3) is 0 Å². The van der Waals surface area contributed by atoms with Gasteiger partial charge < -0.3 is 0 Å². The van der Waals surface area contributed by atoms with Crippen LogP contribution in [0.4, 0.5) is 0 Å². The van der Waals surface area contributed by atoms with Gasteiger partial charge in [-0.2, -0.15) is 0 Å².